The molecule has 0 aliphatic carbocycles. The molecule has 0 fully saturated rings. The third kappa shape index (κ3) is 3.48. The Morgan fingerprint density at radius 2 is 1.79 bits per heavy atom. The highest BCUT2D eigenvalue weighted by Crippen LogP contribution is 2.17. The van der Waals surface area contributed by atoms with Crippen molar-refractivity contribution in [2.45, 2.75) is 26.2 Å². The monoisotopic (exact) mass is 322 g/mol. The molecule has 0 radical (unpaired) electrons. The van der Waals surface area contributed by atoms with Gasteiger partial charge in [0.2, 0.25) is 5.82 Å². The maximum Gasteiger partial charge on any atom is 0.335 e. The second-order valence-electron chi connectivity index (χ2n) is 5.55. The third-order valence-corrected chi connectivity index (χ3v) is 3.79. The highest BCUT2D eigenvalue weighted by Gasteiger charge is 2.08. The van der Waals surface area contributed by atoms with Crippen LogP contribution < -0.4 is 0 Å². The van der Waals surface area contributed by atoms with Crippen molar-refractivity contribution >= 4 is 5.97 Å². The van der Waals surface area contributed by atoms with E-state index in [2.05, 4.69) is 34.5 Å². The predicted molar refractivity (Wildman–Crippen MR) is 90.2 cm³/mol. The van der Waals surface area contributed by atoms with Crippen LogP contribution in [0.3, 0.4) is 0 Å². The minimum atomic E-state index is -0.961. The molecule has 6 nitrogen and oxygen atoms in total. The van der Waals surface area contributed by atoms with Crippen LogP contribution in [-0.4, -0.2) is 31.3 Å². The van der Waals surface area contributed by atoms with Crippen LogP contribution in [0.4, 0.5) is 0 Å². The van der Waals surface area contributed by atoms with Gasteiger partial charge in [-0.3, -0.25) is 0 Å². The number of carboxylic acid groups (broad SMARTS) is 1. The number of carboxylic acids is 1. The molecular weight excluding hydrogens is 304 g/mol. The summed E-state index contributed by atoms with van der Waals surface area (Å²) in [5, 5.41) is 21.4. The molecule has 0 aliphatic heterocycles. The summed E-state index contributed by atoms with van der Waals surface area (Å²) in [6, 6.07) is 14.5. The van der Waals surface area contributed by atoms with Crippen molar-refractivity contribution < 1.29 is 9.90 Å². The Morgan fingerprint density at radius 3 is 2.42 bits per heavy atom. The van der Waals surface area contributed by atoms with E-state index in [0.29, 0.717) is 11.5 Å². The summed E-state index contributed by atoms with van der Waals surface area (Å²) >= 11 is 0. The average Bonchev–Trinajstić information content (AvgIpc) is 3.10. The summed E-state index contributed by atoms with van der Waals surface area (Å²) in [5.74, 6) is -0.420. The number of carbonyl (C=O) groups is 1. The summed E-state index contributed by atoms with van der Waals surface area (Å²) < 4.78 is 0. The number of aryl methyl sites for hydroxylation is 1. The van der Waals surface area contributed by atoms with E-state index >= 15 is 0 Å². The number of aromatic nitrogens is 4. The van der Waals surface area contributed by atoms with E-state index < -0.39 is 5.97 Å². The number of hydrogen-bond donors (Lipinski definition) is 1. The Balaban J connectivity index is 1.78. The van der Waals surface area contributed by atoms with Crippen molar-refractivity contribution in [2.75, 3.05) is 0 Å². The lowest BCUT2D eigenvalue weighted by Gasteiger charge is -2.01. The highest BCUT2D eigenvalue weighted by molar-refractivity contribution is 5.87. The van der Waals surface area contributed by atoms with Crippen LogP contribution in [0.25, 0.3) is 17.1 Å². The zero-order valence-corrected chi connectivity index (χ0v) is 13.4. The van der Waals surface area contributed by atoms with Gasteiger partial charge in [0.1, 0.15) is 0 Å². The van der Waals surface area contributed by atoms with Gasteiger partial charge in [0.15, 0.2) is 0 Å². The maximum absolute atomic E-state index is 10.9. The molecular formula is C18H18N4O2. The van der Waals surface area contributed by atoms with Gasteiger partial charge in [-0.1, -0.05) is 37.6 Å². The van der Waals surface area contributed by atoms with E-state index in [9.17, 15) is 4.79 Å². The molecule has 1 heterocycles. The first-order valence-corrected chi connectivity index (χ1v) is 7.90. The zero-order valence-electron chi connectivity index (χ0n) is 13.4. The minimum Gasteiger partial charge on any atom is -0.478 e. The maximum atomic E-state index is 10.9. The lowest BCUT2D eigenvalue weighted by atomic mass is 10.1. The van der Waals surface area contributed by atoms with E-state index in [-0.39, 0.29) is 5.56 Å². The first-order valence-electron chi connectivity index (χ1n) is 7.90. The van der Waals surface area contributed by atoms with Crippen LogP contribution in [-0.2, 0) is 6.42 Å². The molecule has 6 heteroatoms. The van der Waals surface area contributed by atoms with Gasteiger partial charge in [0.05, 0.1) is 11.3 Å². The number of unbranched alkanes of at least 4 members (excludes halogenated alkanes) is 1. The quantitative estimate of drug-likeness (QED) is 0.752. The molecule has 3 rings (SSSR count). The fraction of sp³-hybridized carbons (Fsp3) is 0.222. The summed E-state index contributed by atoms with van der Waals surface area (Å²) in [5.41, 5.74) is 3.10. The second-order valence-corrected chi connectivity index (χ2v) is 5.55. The molecule has 0 spiro atoms. The van der Waals surface area contributed by atoms with Crippen LogP contribution in [0, 0.1) is 0 Å². The van der Waals surface area contributed by atoms with Gasteiger partial charge >= 0.3 is 5.97 Å². The Kier molecular flexibility index (Phi) is 4.65. The van der Waals surface area contributed by atoms with Crippen molar-refractivity contribution in [1.82, 2.24) is 20.2 Å². The molecule has 0 unspecified atom stereocenters. The molecule has 24 heavy (non-hydrogen) atoms. The minimum absolute atomic E-state index is 0.224. The summed E-state index contributed by atoms with van der Waals surface area (Å²) in [4.78, 5) is 12.3. The van der Waals surface area contributed by atoms with Crippen LogP contribution in [0.5, 0.6) is 0 Å². The number of nitrogens with zero attached hydrogens (tertiary/aromatic N) is 4. The molecule has 0 aliphatic rings. The first kappa shape index (κ1) is 15.9. The van der Waals surface area contributed by atoms with Crippen LogP contribution in [0.15, 0.2) is 48.5 Å². The smallest absolute Gasteiger partial charge is 0.335 e. The van der Waals surface area contributed by atoms with E-state index in [1.807, 2.05) is 12.1 Å². The van der Waals surface area contributed by atoms with Crippen molar-refractivity contribution in [3.05, 3.63) is 59.7 Å². The van der Waals surface area contributed by atoms with Crippen molar-refractivity contribution in [1.29, 1.82) is 0 Å². The highest BCUT2D eigenvalue weighted by atomic mass is 16.4. The SMILES string of the molecule is CCCCc1ccc(-c2nnn(-c3ccc(C(=O)O)cc3)n2)cc1. The van der Waals surface area contributed by atoms with Gasteiger partial charge in [0, 0.05) is 5.56 Å². The average molecular weight is 322 g/mol. The second kappa shape index (κ2) is 7.04. The van der Waals surface area contributed by atoms with Crippen LogP contribution >= 0.6 is 0 Å². The largest absolute Gasteiger partial charge is 0.478 e. The van der Waals surface area contributed by atoms with Gasteiger partial charge in [0.25, 0.3) is 0 Å². The van der Waals surface area contributed by atoms with Crippen molar-refractivity contribution in [3.8, 4) is 17.1 Å². The number of aromatic carboxylic acids is 1. The predicted octanol–water partition coefficient (Wildman–Crippen LogP) is 3.37. The molecule has 1 N–H and O–H groups in total. The van der Waals surface area contributed by atoms with Gasteiger partial charge < -0.3 is 5.11 Å². The van der Waals surface area contributed by atoms with Gasteiger partial charge in [-0.2, -0.15) is 0 Å². The molecule has 0 saturated heterocycles. The molecule has 2 aromatic carbocycles. The van der Waals surface area contributed by atoms with Gasteiger partial charge in [-0.15, -0.1) is 15.0 Å². The lowest BCUT2D eigenvalue weighted by Crippen LogP contribution is -2.01. The molecule has 3 aromatic rings. The van der Waals surface area contributed by atoms with Crippen LogP contribution in [0.1, 0.15) is 35.7 Å². The summed E-state index contributed by atoms with van der Waals surface area (Å²) in [6.07, 6.45) is 3.44. The van der Waals surface area contributed by atoms with Gasteiger partial charge in [-0.25, -0.2) is 4.79 Å². The summed E-state index contributed by atoms with van der Waals surface area (Å²) in [7, 11) is 0. The molecule has 0 amide bonds. The van der Waals surface area contributed by atoms with Gasteiger partial charge in [-0.05, 0) is 47.9 Å². The van der Waals surface area contributed by atoms with Crippen LogP contribution in [0.2, 0.25) is 0 Å². The van der Waals surface area contributed by atoms with E-state index in [1.54, 1.807) is 12.1 Å². The molecule has 0 atom stereocenters. The fourth-order valence-electron chi connectivity index (χ4n) is 2.38. The Morgan fingerprint density at radius 1 is 1.08 bits per heavy atom. The Hall–Kier alpha value is -3.02. The topological polar surface area (TPSA) is 80.9 Å². The lowest BCUT2D eigenvalue weighted by molar-refractivity contribution is 0.0697. The zero-order chi connectivity index (χ0) is 16.9. The normalized spacial score (nSPS) is 10.7. The molecule has 0 bridgehead atoms. The molecule has 1 aromatic heterocycles. The number of benzene rings is 2. The van der Waals surface area contributed by atoms with Crippen molar-refractivity contribution in [3.63, 3.8) is 0 Å². The van der Waals surface area contributed by atoms with Crippen molar-refractivity contribution in [2.24, 2.45) is 0 Å². The molecule has 0 saturated carbocycles. The van der Waals surface area contributed by atoms with E-state index in [1.165, 1.54) is 35.3 Å². The van der Waals surface area contributed by atoms with E-state index in [4.69, 9.17) is 5.11 Å². The summed E-state index contributed by atoms with van der Waals surface area (Å²) in [6.45, 7) is 2.18. The number of rotatable bonds is 6. The van der Waals surface area contributed by atoms with E-state index in [0.717, 1.165) is 12.0 Å². The Labute approximate surface area is 139 Å². The fourth-order valence-corrected chi connectivity index (χ4v) is 2.38. The standard InChI is InChI=1S/C18H18N4O2/c1-2-3-4-13-5-7-14(8-6-13)17-19-21-22(20-17)16-11-9-15(10-12-16)18(23)24/h5-12H,2-4H2,1H3,(H,23,24). The number of hydrogen-bond acceptors (Lipinski definition) is 4. The number of tetrazole rings is 1. The first-order chi connectivity index (χ1) is 11.7. The Bertz CT molecular complexity index is 823. The third-order valence-electron chi connectivity index (χ3n) is 3.79. The molecule has 122 valence electrons.